The third-order valence-corrected chi connectivity index (χ3v) is 6.61. The number of halogens is 1. The Morgan fingerprint density at radius 1 is 1.33 bits per heavy atom. The van der Waals surface area contributed by atoms with Gasteiger partial charge >= 0.3 is 0 Å². The van der Waals surface area contributed by atoms with Crippen LogP contribution in [0.2, 0.25) is 0 Å². The minimum atomic E-state index is -0.154. The van der Waals surface area contributed by atoms with Gasteiger partial charge in [-0.1, -0.05) is 32.9 Å². The summed E-state index contributed by atoms with van der Waals surface area (Å²) in [6.07, 6.45) is 3.47. The Morgan fingerprint density at radius 2 is 2.05 bits per heavy atom. The molecule has 1 amide bonds. The monoisotopic (exact) mass is 348 g/mol. The molecule has 112 valence electrons. The number of nitrogens with zero attached hydrogens (tertiary/aromatic N) is 1. The van der Waals surface area contributed by atoms with Gasteiger partial charge in [-0.2, -0.15) is 5.10 Å². The number of hydrazone groups is 1. The highest BCUT2D eigenvalue weighted by atomic mass is 79.9. The van der Waals surface area contributed by atoms with E-state index in [1.54, 1.807) is 6.07 Å². The summed E-state index contributed by atoms with van der Waals surface area (Å²) in [4.78, 5) is 12.2. The van der Waals surface area contributed by atoms with Gasteiger partial charge in [0.2, 0.25) is 0 Å². The van der Waals surface area contributed by atoms with E-state index in [1.165, 1.54) is 12.8 Å². The van der Waals surface area contributed by atoms with Crippen LogP contribution in [0.5, 0.6) is 0 Å². The Balaban J connectivity index is 1.79. The molecule has 0 aromatic heterocycles. The smallest absolute Gasteiger partial charge is 0.267 e. The Hall–Kier alpha value is -1.16. The first-order chi connectivity index (χ1) is 9.86. The van der Waals surface area contributed by atoms with E-state index in [1.807, 2.05) is 18.2 Å². The van der Waals surface area contributed by atoms with E-state index >= 15 is 0 Å². The van der Waals surface area contributed by atoms with E-state index in [9.17, 15) is 4.79 Å². The first-order valence-corrected chi connectivity index (χ1v) is 8.27. The van der Waals surface area contributed by atoms with E-state index in [-0.39, 0.29) is 16.7 Å². The highest BCUT2D eigenvalue weighted by Crippen LogP contribution is 2.63. The zero-order valence-electron chi connectivity index (χ0n) is 12.7. The molecule has 4 heteroatoms. The van der Waals surface area contributed by atoms with Crippen LogP contribution in [0.15, 0.2) is 33.8 Å². The Morgan fingerprint density at radius 3 is 2.62 bits per heavy atom. The molecule has 3 nitrogen and oxygen atoms in total. The molecule has 0 radical (unpaired) electrons. The molecule has 2 unspecified atom stereocenters. The van der Waals surface area contributed by atoms with E-state index in [2.05, 4.69) is 47.2 Å². The summed E-state index contributed by atoms with van der Waals surface area (Å²) in [6, 6.07) is 7.41. The molecule has 0 aliphatic heterocycles. The van der Waals surface area contributed by atoms with Crippen molar-refractivity contribution in [3.63, 3.8) is 0 Å². The van der Waals surface area contributed by atoms with Crippen LogP contribution in [0, 0.1) is 16.7 Å². The average molecular weight is 349 g/mol. The summed E-state index contributed by atoms with van der Waals surface area (Å²) >= 11 is 3.40. The normalized spacial score (nSPS) is 31.6. The largest absolute Gasteiger partial charge is 0.272 e. The van der Waals surface area contributed by atoms with Gasteiger partial charge < -0.3 is 0 Å². The summed E-state index contributed by atoms with van der Waals surface area (Å²) in [5, 5.41) is 4.49. The predicted octanol–water partition coefficient (Wildman–Crippen LogP) is 4.38. The quantitative estimate of drug-likeness (QED) is 0.791. The van der Waals surface area contributed by atoms with Crippen molar-refractivity contribution >= 4 is 27.5 Å². The third-order valence-electron chi connectivity index (χ3n) is 5.92. The van der Waals surface area contributed by atoms with Crippen LogP contribution >= 0.6 is 15.9 Å². The van der Waals surface area contributed by atoms with Gasteiger partial charge in [0, 0.05) is 15.6 Å². The zero-order valence-corrected chi connectivity index (χ0v) is 14.3. The van der Waals surface area contributed by atoms with Crippen LogP contribution < -0.4 is 5.43 Å². The number of nitrogens with one attached hydrogen (secondary N) is 1. The molecule has 2 aliphatic rings. The molecule has 21 heavy (non-hydrogen) atoms. The Kier molecular flexibility index (Phi) is 3.47. The summed E-state index contributed by atoms with van der Waals surface area (Å²) < 4.78 is 0.794. The summed E-state index contributed by atoms with van der Waals surface area (Å²) in [6.45, 7) is 6.97. The van der Waals surface area contributed by atoms with Crippen LogP contribution in [-0.2, 0) is 0 Å². The second-order valence-electron chi connectivity index (χ2n) is 6.97. The van der Waals surface area contributed by atoms with Crippen LogP contribution in [0.25, 0.3) is 0 Å². The van der Waals surface area contributed by atoms with Crippen LogP contribution in [0.3, 0.4) is 0 Å². The number of carbonyl (C=O) groups excluding carboxylic acids is 1. The molecule has 2 fully saturated rings. The number of hydrogen-bond donors (Lipinski definition) is 1. The van der Waals surface area contributed by atoms with Crippen molar-refractivity contribution in [3.8, 4) is 0 Å². The topological polar surface area (TPSA) is 41.5 Å². The van der Waals surface area contributed by atoms with E-state index in [0.29, 0.717) is 11.5 Å². The van der Waals surface area contributed by atoms with Crippen molar-refractivity contribution in [1.82, 2.24) is 5.43 Å². The molecule has 0 heterocycles. The standard InChI is InChI=1S/C17H21BrN2O/c1-16(2)11-8-9-17(16,3)14(10-11)19-20-15(21)12-6-4-5-7-13(12)18/h4-7,11H,8-10H2,1-3H3,(H,20,21). The van der Waals surface area contributed by atoms with Gasteiger partial charge in [0.05, 0.1) is 5.56 Å². The highest BCUT2D eigenvalue weighted by molar-refractivity contribution is 9.10. The molecule has 1 aromatic rings. The Bertz CT molecular complexity index is 623. The SMILES string of the molecule is CC12CCC(CC1=NNC(=O)c1ccccc1Br)C2(C)C. The lowest BCUT2D eigenvalue weighted by Crippen LogP contribution is -2.34. The van der Waals surface area contributed by atoms with Crippen LogP contribution in [-0.4, -0.2) is 11.6 Å². The number of fused-ring (bicyclic) bond motifs is 2. The minimum absolute atomic E-state index is 0.124. The third kappa shape index (κ3) is 2.15. The zero-order chi connectivity index (χ0) is 15.3. The van der Waals surface area contributed by atoms with Gasteiger partial charge in [-0.3, -0.25) is 4.79 Å². The molecule has 2 aliphatic carbocycles. The van der Waals surface area contributed by atoms with E-state index in [4.69, 9.17) is 0 Å². The lowest BCUT2D eigenvalue weighted by Gasteiger charge is -2.34. The average Bonchev–Trinajstić information content (AvgIpc) is 2.78. The first kappa shape index (κ1) is 14.8. The second kappa shape index (κ2) is 4.94. The second-order valence-corrected chi connectivity index (χ2v) is 7.83. The van der Waals surface area contributed by atoms with Crippen molar-refractivity contribution < 1.29 is 4.79 Å². The maximum absolute atomic E-state index is 12.2. The molecule has 0 saturated heterocycles. The number of hydrogen-bond acceptors (Lipinski definition) is 2. The van der Waals surface area contributed by atoms with Gasteiger partial charge in [-0.05, 0) is 58.7 Å². The van der Waals surface area contributed by atoms with Gasteiger partial charge in [-0.15, -0.1) is 0 Å². The molecule has 0 spiro atoms. The van der Waals surface area contributed by atoms with Crippen molar-refractivity contribution in [1.29, 1.82) is 0 Å². The van der Waals surface area contributed by atoms with Gasteiger partial charge in [0.15, 0.2) is 0 Å². The fourth-order valence-electron chi connectivity index (χ4n) is 3.92. The summed E-state index contributed by atoms with van der Waals surface area (Å²) in [5.74, 6) is 0.542. The van der Waals surface area contributed by atoms with Gasteiger partial charge in [0.1, 0.15) is 0 Å². The van der Waals surface area contributed by atoms with Crippen molar-refractivity contribution in [2.45, 2.75) is 40.0 Å². The van der Waals surface area contributed by atoms with E-state index < -0.39 is 0 Å². The van der Waals surface area contributed by atoms with Crippen molar-refractivity contribution in [2.75, 3.05) is 0 Å². The molecule has 2 bridgehead atoms. The lowest BCUT2D eigenvalue weighted by atomic mass is 9.70. The number of carbonyl (C=O) groups is 1. The molecule has 1 aromatic carbocycles. The molecule has 2 saturated carbocycles. The molecular formula is C17H21BrN2O. The fraction of sp³-hybridized carbons (Fsp3) is 0.529. The number of amides is 1. The molecule has 1 N–H and O–H groups in total. The molecular weight excluding hydrogens is 328 g/mol. The molecule has 2 atom stereocenters. The Labute approximate surface area is 134 Å². The maximum atomic E-state index is 12.2. The van der Waals surface area contributed by atoms with Gasteiger partial charge in [0.25, 0.3) is 5.91 Å². The molecule has 3 rings (SSSR count). The van der Waals surface area contributed by atoms with Crippen molar-refractivity contribution in [3.05, 3.63) is 34.3 Å². The summed E-state index contributed by atoms with van der Waals surface area (Å²) in [5.41, 5.74) is 4.93. The van der Waals surface area contributed by atoms with E-state index in [0.717, 1.165) is 16.6 Å². The van der Waals surface area contributed by atoms with Crippen LogP contribution in [0.4, 0.5) is 0 Å². The lowest BCUT2D eigenvalue weighted by molar-refractivity contribution is 0.0953. The highest BCUT2D eigenvalue weighted by Gasteiger charge is 2.59. The first-order valence-electron chi connectivity index (χ1n) is 7.48. The number of rotatable bonds is 2. The van der Waals surface area contributed by atoms with Crippen molar-refractivity contribution in [2.24, 2.45) is 21.8 Å². The predicted molar refractivity (Wildman–Crippen MR) is 88.3 cm³/mol. The number of benzene rings is 1. The van der Waals surface area contributed by atoms with Crippen LogP contribution in [0.1, 0.15) is 50.4 Å². The fourth-order valence-corrected chi connectivity index (χ4v) is 4.39. The summed E-state index contributed by atoms with van der Waals surface area (Å²) in [7, 11) is 0. The van der Waals surface area contributed by atoms with Gasteiger partial charge in [-0.25, -0.2) is 5.43 Å². The minimum Gasteiger partial charge on any atom is -0.267 e. The maximum Gasteiger partial charge on any atom is 0.272 e.